The molecule has 0 aromatic heterocycles. The maximum absolute atomic E-state index is 13.3. The summed E-state index contributed by atoms with van der Waals surface area (Å²) < 4.78 is 215. The van der Waals surface area contributed by atoms with E-state index in [0.29, 0.717) is 0 Å². The highest BCUT2D eigenvalue weighted by Crippen LogP contribution is 2.71. The number of halogens is 17. The van der Waals surface area contributed by atoms with Crippen LogP contribution in [0.1, 0.15) is 6.92 Å². The fourth-order valence-corrected chi connectivity index (χ4v) is 1.72. The Kier molecular flexibility index (Phi) is 5.39. The fraction of sp³-hybridized carbons (Fsp3) is 1.00. The molecule has 0 nitrogen and oxygen atoms in total. The van der Waals surface area contributed by atoms with Crippen molar-refractivity contribution in [3.8, 4) is 0 Å². The lowest BCUT2D eigenvalue weighted by atomic mass is 9.73. The maximum atomic E-state index is 13.3. The summed E-state index contributed by atoms with van der Waals surface area (Å²) in [5, 5.41) is 0. The number of hydrogen-bond donors (Lipinski definition) is 0. The van der Waals surface area contributed by atoms with Gasteiger partial charge in [-0.15, -0.1) is 0 Å². The largest absolute Gasteiger partial charge is 0.418 e. The standard InChI is InChI=1S/C9H3F17/c1-2(10,11)4(12,13)6(16,17)5(14,15)3(7(18,19)20,8(21,22)23)9(24,25)26/h1H3. The average molecular weight is 434 g/mol. The first kappa shape index (κ1) is 24.8. The molecule has 0 unspecified atom stereocenters. The molecule has 0 heterocycles. The van der Waals surface area contributed by atoms with E-state index in [0.717, 1.165) is 0 Å². The zero-order chi connectivity index (χ0) is 22.0. The van der Waals surface area contributed by atoms with Gasteiger partial charge in [0.05, 0.1) is 0 Å². The maximum Gasteiger partial charge on any atom is 0.418 e. The molecule has 158 valence electrons. The van der Waals surface area contributed by atoms with E-state index in [1.165, 1.54) is 0 Å². The first-order chi connectivity index (χ1) is 10.8. The Labute approximate surface area is 130 Å². The summed E-state index contributed by atoms with van der Waals surface area (Å²) in [6.45, 7) is -1.33. The minimum Gasteiger partial charge on any atom is -0.200 e. The Morgan fingerprint density at radius 1 is 0.346 bits per heavy atom. The van der Waals surface area contributed by atoms with E-state index >= 15 is 0 Å². The van der Waals surface area contributed by atoms with Crippen LogP contribution in [0.3, 0.4) is 0 Å². The minimum absolute atomic E-state index is 1.33. The van der Waals surface area contributed by atoms with Crippen LogP contribution in [0.15, 0.2) is 0 Å². The molecule has 0 atom stereocenters. The van der Waals surface area contributed by atoms with Crippen LogP contribution in [-0.4, -0.2) is 42.2 Å². The van der Waals surface area contributed by atoms with Crippen molar-refractivity contribution in [2.24, 2.45) is 5.41 Å². The minimum atomic E-state index is -8.84. The summed E-state index contributed by atoms with van der Waals surface area (Å²) in [6, 6.07) is 0. The van der Waals surface area contributed by atoms with E-state index in [2.05, 4.69) is 0 Å². The van der Waals surface area contributed by atoms with Crippen molar-refractivity contribution in [1.29, 1.82) is 0 Å². The molecule has 0 rings (SSSR count). The van der Waals surface area contributed by atoms with Gasteiger partial charge >= 0.3 is 47.6 Å². The predicted octanol–water partition coefficient (Wildman–Crippen LogP) is 6.22. The Balaban J connectivity index is 7.31. The van der Waals surface area contributed by atoms with E-state index in [4.69, 9.17) is 0 Å². The number of hydrogen-bond acceptors (Lipinski definition) is 0. The van der Waals surface area contributed by atoms with Crippen LogP contribution in [0, 0.1) is 5.41 Å². The quantitative estimate of drug-likeness (QED) is 0.461. The molecular weight excluding hydrogens is 431 g/mol. The average Bonchev–Trinajstić information content (AvgIpc) is 2.19. The normalized spacial score (nSPS) is 16.8. The van der Waals surface area contributed by atoms with Crippen molar-refractivity contribution in [2.45, 2.75) is 49.1 Å². The highest BCUT2D eigenvalue weighted by atomic mass is 19.4. The van der Waals surface area contributed by atoms with Crippen LogP contribution in [0.5, 0.6) is 0 Å². The van der Waals surface area contributed by atoms with E-state index in [1.807, 2.05) is 0 Å². The van der Waals surface area contributed by atoms with Crippen LogP contribution in [0.2, 0.25) is 0 Å². The van der Waals surface area contributed by atoms with Gasteiger partial charge < -0.3 is 0 Å². The van der Waals surface area contributed by atoms with Crippen LogP contribution >= 0.6 is 0 Å². The van der Waals surface area contributed by atoms with Crippen molar-refractivity contribution in [1.82, 2.24) is 0 Å². The molecule has 0 aromatic rings. The molecule has 0 saturated heterocycles. The summed E-state index contributed by atoms with van der Waals surface area (Å²) >= 11 is 0. The second-order valence-electron chi connectivity index (χ2n) is 4.85. The molecule has 0 radical (unpaired) electrons. The third-order valence-corrected chi connectivity index (χ3v) is 3.09. The Morgan fingerprint density at radius 2 is 0.577 bits per heavy atom. The van der Waals surface area contributed by atoms with Gasteiger partial charge in [-0.25, -0.2) is 0 Å². The third kappa shape index (κ3) is 2.84. The van der Waals surface area contributed by atoms with Gasteiger partial charge in [0.2, 0.25) is 0 Å². The molecule has 17 heteroatoms. The lowest BCUT2D eigenvalue weighted by Crippen LogP contribution is -2.77. The Hall–Kier alpha value is -1.19. The van der Waals surface area contributed by atoms with Gasteiger partial charge in [-0.1, -0.05) is 0 Å². The van der Waals surface area contributed by atoms with Crippen molar-refractivity contribution in [3.63, 3.8) is 0 Å². The second-order valence-corrected chi connectivity index (χ2v) is 4.85. The van der Waals surface area contributed by atoms with Crippen molar-refractivity contribution in [2.75, 3.05) is 0 Å². The second kappa shape index (κ2) is 5.65. The van der Waals surface area contributed by atoms with Gasteiger partial charge in [0.1, 0.15) is 0 Å². The van der Waals surface area contributed by atoms with Gasteiger partial charge in [-0.2, -0.15) is 74.6 Å². The van der Waals surface area contributed by atoms with Crippen molar-refractivity contribution >= 4 is 0 Å². The molecule has 0 aromatic carbocycles. The zero-order valence-corrected chi connectivity index (χ0v) is 11.4. The predicted molar refractivity (Wildman–Crippen MR) is 46.1 cm³/mol. The van der Waals surface area contributed by atoms with E-state index < -0.39 is 54.6 Å². The van der Waals surface area contributed by atoms with Crippen molar-refractivity contribution < 1.29 is 74.6 Å². The molecule has 0 aliphatic heterocycles. The summed E-state index contributed by atoms with van der Waals surface area (Å²) in [5.41, 5.74) is -8.78. The first-order valence-corrected chi connectivity index (χ1v) is 5.46. The van der Waals surface area contributed by atoms with Gasteiger partial charge in [-0.3, -0.25) is 0 Å². The van der Waals surface area contributed by atoms with E-state index in [-0.39, 0.29) is 0 Å². The molecule has 26 heavy (non-hydrogen) atoms. The summed E-state index contributed by atoms with van der Waals surface area (Å²) in [5.74, 6) is -31.5. The number of alkyl halides is 17. The van der Waals surface area contributed by atoms with Crippen LogP contribution in [-0.2, 0) is 0 Å². The molecule has 0 aliphatic rings. The smallest absolute Gasteiger partial charge is 0.200 e. The highest BCUT2D eigenvalue weighted by molar-refractivity contribution is 5.17. The fourth-order valence-electron chi connectivity index (χ4n) is 1.72. The molecular formula is C9H3F17. The molecule has 0 N–H and O–H groups in total. The molecule has 0 fully saturated rings. The molecule has 0 bridgehead atoms. The van der Waals surface area contributed by atoms with E-state index in [9.17, 15) is 74.6 Å². The summed E-state index contributed by atoms with van der Waals surface area (Å²) in [4.78, 5) is 0. The van der Waals surface area contributed by atoms with Crippen LogP contribution in [0.25, 0.3) is 0 Å². The van der Waals surface area contributed by atoms with Crippen LogP contribution in [0.4, 0.5) is 74.6 Å². The molecule has 0 amide bonds. The van der Waals surface area contributed by atoms with Gasteiger partial charge in [0.25, 0.3) is 0 Å². The SMILES string of the molecule is CC(F)(F)C(F)(F)C(F)(F)C(F)(F)C(C(F)(F)F)(C(F)(F)F)C(F)(F)F. The lowest BCUT2D eigenvalue weighted by molar-refractivity contribution is -0.512. The highest BCUT2D eigenvalue weighted by Gasteiger charge is 3.00. The first-order valence-electron chi connectivity index (χ1n) is 5.46. The topological polar surface area (TPSA) is 0 Å². The monoisotopic (exact) mass is 434 g/mol. The Morgan fingerprint density at radius 3 is 0.731 bits per heavy atom. The lowest BCUT2D eigenvalue weighted by Gasteiger charge is -2.47. The molecule has 0 saturated carbocycles. The van der Waals surface area contributed by atoms with Gasteiger partial charge in [0.15, 0.2) is 0 Å². The van der Waals surface area contributed by atoms with Gasteiger partial charge in [0, 0.05) is 6.92 Å². The molecule has 0 aliphatic carbocycles. The summed E-state index contributed by atoms with van der Waals surface area (Å²) in [6.07, 6.45) is -25.2. The van der Waals surface area contributed by atoms with Gasteiger partial charge in [-0.05, 0) is 0 Å². The van der Waals surface area contributed by atoms with Crippen molar-refractivity contribution in [3.05, 3.63) is 0 Å². The molecule has 0 spiro atoms. The van der Waals surface area contributed by atoms with Crippen LogP contribution < -0.4 is 0 Å². The zero-order valence-electron chi connectivity index (χ0n) is 11.4. The van der Waals surface area contributed by atoms with E-state index in [1.54, 1.807) is 0 Å². The summed E-state index contributed by atoms with van der Waals surface area (Å²) in [7, 11) is 0. The number of rotatable bonds is 4. The Bertz CT molecular complexity index is 472. The third-order valence-electron chi connectivity index (χ3n) is 3.09.